The summed E-state index contributed by atoms with van der Waals surface area (Å²) in [4.78, 5) is 13.2. The average molecular weight is 918 g/mol. The smallest absolute Gasteiger partial charge is 0.220 e. The molecule has 2 aliphatic heterocycles. The van der Waals surface area contributed by atoms with Crippen molar-refractivity contribution in [1.82, 2.24) is 5.32 Å². The van der Waals surface area contributed by atoms with Gasteiger partial charge in [-0.2, -0.15) is 0 Å². The third-order valence-electron chi connectivity index (χ3n) is 13.0. The number of hydrogen-bond acceptors (Lipinski definition) is 13. The normalized spacial score (nSPS) is 27.3. The second-order valence-corrected chi connectivity index (χ2v) is 18.7. The van der Waals surface area contributed by atoms with Gasteiger partial charge in [-0.3, -0.25) is 4.79 Å². The molecule has 0 aromatic heterocycles. The number of carbonyl (C=O) groups excluding carboxylic acids is 1. The lowest BCUT2D eigenvalue weighted by atomic mass is 9.97. The number of aliphatic hydroxyl groups excluding tert-OH is 8. The van der Waals surface area contributed by atoms with Gasteiger partial charge in [-0.15, -0.1) is 0 Å². The monoisotopic (exact) mass is 918 g/mol. The number of amides is 1. The van der Waals surface area contributed by atoms with Gasteiger partial charge in [0, 0.05) is 6.42 Å². The summed E-state index contributed by atoms with van der Waals surface area (Å²) in [6.45, 7) is 2.79. The Morgan fingerprint density at radius 1 is 0.547 bits per heavy atom. The largest absolute Gasteiger partial charge is 0.394 e. The average Bonchev–Trinajstić information content (AvgIpc) is 3.29. The summed E-state index contributed by atoms with van der Waals surface area (Å²) < 4.78 is 22.7. The molecular weight excluding hydrogens is 823 g/mol. The van der Waals surface area contributed by atoms with E-state index in [2.05, 4.69) is 19.2 Å². The van der Waals surface area contributed by atoms with Gasteiger partial charge in [0.1, 0.15) is 48.8 Å². The van der Waals surface area contributed by atoms with Crippen LogP contribution in [0.3, 0.4) is 0 Å². The van der Waals surface area contributed by atoms with E-state index in [1.54, 1.807) is 6.08 Å². The van der Waals surface area contributed by atoms with Crippen LogP contribution in [0.2, 0.25) is 0 Å². The Hall–Kier alpha value is -1.27. The third kappa shape index (κ3) is 24.7. The van der Waals surface area contributed by atoms with E-state index in [1.807, 2.05) is 6.08 Å². The van der Waals surface area contributed by atoms with Gasteiger partial charge < -0.3 is 65.1 Å². The summed E-state index contributed by atoms with van der Waals surface area (Å²) in [7, 11) is 0. The maximum atomic E-state index is 13.2. The maximum absolute atomic E-state index is 13.2. The molecule has 2 saturated heterocycles. The van der Waals surface area contributed by atoms with Crippen molar-refractivity contribution >= 4 is 5.91 Å². The molecule has 378 valence electrons. The van der Waals surface area contributed by atoms with Crippen molar-refractivity contribution in [2.75, 3.05) is 19.8 Å². The van der Waals surface area contributed by atoms with E-state index < -0.39 is 86.8 Å². The van der Waals surface area contributed by atoms with Crippen LogP contribution in [0.25, 0.3) is 0 Å². The van der Waals surface area contributed by atoms with Crippen LogP contribution in [0.1, 0.15) is 206 Å². The van der Waals surface area contributed by atoms with Crippen LogP contribution in [0, 0.1) is 0 Å². The first-order chi connectivity index (χ1) is 31.1. The van der Waals surface area contributed by atoms with Crippen LogP contribution >= 0.6 is 0 Å². The predicted octanol–water partition coefficient (Wildman–Crippen LogP) is 6.77. The molecule has 2 heterocycles. The summed E-state index contributed by atoms with van der Waals surface area (Å²) in [6, 6.07) is -0.907. The van der Waals surface area contributed by atoms with Crippen LogP contribution in [0.15, 0.2) is 12.2 Å². The van der Waals surface area contributed by atoms with Crippen molar-refractivity contribution in [2.24, 2.45) is 0 Å². The minimum Gasteiger partial charge on any atom is -0.394 e. The Labute approximate surface area is 386 Å². The number of hydrogen-bond donors (Lipinski definition) is 9. The molecule has 0 radical (unpaired) electrons. The fourth-order valence-electron chi connectivity index (χ4n) is 8.70. The van der Waals surface area contributed by atoms with E-state index in [4.69, 9.17) is 18.9 Å². The molecule has 12 atom stereocenters. The van der Waals surface area contributed by atoms with Gasteiger partial charge in [-0.1, -0.05) is 193 Å². The van der Waals surface area contributed by atoms with Crippen LogP contribution < -0.4 is 5.32 Å². The lowest BCUT2D eigenvalue weighted by molar-refractivity contribution is -0.359. The van der Waals surface area contributed by atoms with Crippen molar-refractivity contribution < 1.29 is 64.6 Å². The maximum Gasteiger partial charge on any atom is 0.220 e. The molecule has 64 heavy (non-hydrogen) atoms. The van der Waals surface area contributed by atoms with E-state index in [0.29, 0.717) is 6.42 Å². The molecule has 0 aromatic carbocycles. The number of nitrogens with one attached hydrogen (secondary N) is 1. The first-order valence-electron chi connectivity index (χ1n) is 25.9. The fourth-order valence-corrected chi connectivity index (χ4v) is 8.70. The predicted molar refractivity (Wildman–Crippen MR) is 249 cm³/mol. The number of carbonyl (C=O) groups is 1. The first-order valence-corrected chi connectivity index (χ1v) is 25.9. The van der Waals surface area contributed by atoms with Gasteiger partial charge >= 0.3 is 0 Å². The lowest BCUT2D eigenvalue weighted by Gasteiger charge is -2.46. The summed E-state index contributed by atoms with van der Waals surface area (Å²) in [5, 5.41) is 86.7. The zero-order chi connectivity index (χ0) is 46.8. The second-order valence-electron chi connectivity index (χ2n) is 18.7. The molecule has 1 amide bonds. The zero-order valence-corrected chi connectivity index (χ0v) is 40.0. The van der Waals surface area contributed by atoms with Crippen LogP contribution in [0.5, 0.6) is 0 Å². The summed E-state index contributed by atoms with van der Waals surface area (Å²) >= 11 is 0. The molecule has 9 N–H and O–H groups in total. The number of allylic oxidation sites excluding steroid dienone is 1. The molecule has 0 saturated carbocycles. The Bertz CT molecular complexity index is 1130. The molecule has 2 aliphatic rings. The van der Waals surface area contributed by atoms with Gasteiger partial charge in [-0.05, 0) is 19.3 Å². The lowest BCUT2D eigenvalue weighted by Crippen LogP contribution is -2.65. The molecular formula is C50H95NO13. The SMILES string of the molecule is CCCCCCCCCCCCC/C=C/C(O)C(COC1OC(CO)C(OC2OC(CO)C(O)C(O)C2O)C(O)C1O)NC(=O)CCCCCCCCCCCCCCCCCCC. The van der Waals surface area contributed by atoms with E-state index in [0.717, 1.165) is 38.5 Å². The Morgan fingerprint density at radius 3 is 1.44 bits per heavy atom. The minimum absolute atomic E-state index is 0.237. The number of aliphatic hydroxyl groups is 8. The minimum atomic E-state index is -1.78. The Kier molecular flexibility index (Phi) is 34.7. The number of unbranched alkanes of at least 4 members (excludes halogenated alkanes) is 27. The fraction of sp³-hybridized carbons (Fsp3) is 0.940. The van der Waals surface area contributed by atoms with Crippen molar-refractivity contribution in [1.29, 1.82) is 0 Å². The molecule has 14 nitrogen and oxygen atoms in total. The van der Waals surface area contributed by atoms with E-state index in [9.17, 15) is 45.6 Å². The topological polar surface area (TPSA) is 228 Å². The number of ether oxygens (including phenoxy) is 4. The zero-order valence-electron chi connectivity index (χ0n) is 40.0. The molecule has 14 heteroatoms. The summed E-state index contributed by atoms with van der Waals surface area (Å²) in [6.07, 6.45) is 22.5. The van der Waals surface area contributed by atoms with Crippen molar-refractivity contribution in [3.63, 3.8) is 0 Å². The van der Waals surface area contributed by atoms with Gasteiger partial charge in [0.05, 0.1) is 32.0 Å². The summed E-state index contributed by atoms with van der Waals surface area (Å²) in [5.41, 5.74) is 0. The molecule has 2 rings (SSSR count). The highest BCUT2D eigenvalue weighted by Gasteiger charge is 2.51. The molecule has 12 unspecified atom stereocenters. The van der Waals surface area contributed by atoms with Gasteiger partial charge in [0.15, 0.2) is 12.6 Å². The standard InChI is InChI=1S/C50H95NO13/c1-3-5-7-9-11-13-15-17-18-19-20-22-24-26-28-30-32-34-42(55)51-38(39(54)33-31-29-27-25-23-21-16-14-12-10-8-6-4-2)37-61-49-47(60)45(58)48(41(36-53)63-49)64-50-46(59)44(57)43(56)40(35-52)62-50/h31,33,38-41,43-50,52-54,56-60H,3-30,32,34-37H2,1-2H3,(H,51,55)/b33-31+. The third-order valence-corrected chi connectivity index (χ3v) is 13.0. The highest BCUT2D eigenvalue weighted by atomic mass is 16.7. The molecule has 0 aromatic rings. The molecule has 2 fully saturated rings. The van der Waals surface area contributed by atoms with Gasteiger partial charge in [0.2, 0.25) is 5.91 Å². The number of rotatable bonds is 40. The Morgan fingerprint density at radius 2 is 0.969 bits per heavy atom. The highest BCUT2D eigenvalue weighted by Crippen LogP contribution is 2.30. The van der Waals surface area contributed by atoms with Gasteiger partial charge in [0.25, 0.3) is 0 Å². The molecule has 0 aliphatic carbocycles. The van der Waals surface area contributed by atoms with Crippen molar-refractivity contribution in [2.45, 2.75) is 280 Å². The molecule has 0 spiro atoms. The van der Waals surface area contributed by atoms with Gasteiger partial charge in [-0.25, -0.2) is 0 Å². The Balaban J connectivity index is 1.83. The van der Waals surface area contributed by atoms with E-state index >= 15 is 0 Å². The summed E-state index contributed by atoms with van der Waals surface area (Å²) in [5.74, 6) is -0.237. The quantitative estimate of drug-likeness (QED) is 0.0229. The highest BCUT2D eigenvalue weighted by molar-refractivity contribution is 5.76. The van der Waals surface area contributed by atoms with Crippen LogP contribution in [-0.4, -0.2) is 140 Å². The van der Waals surface area contributed by atoms with E-state index in [-0.39, 0.29) is 18.9 Å². The first kappa shape index (κ1) is 58.9. The van der Waals surface area contributed by atoms with Crippen molar-refractivity contribution in [3.8, 4) is 0 Å². The van der Waals surface area contributed by atoms with Crippen molar-refractivity contribution in [3.05, 3.63) is 12.2 Å². The van der Waals surface area contributed by atoms with Crippen LogP contribution in [-0.2, 0) is 23.7 Å². The van der Waals surface area contributed by atoms with Crippen LogP contribution in [0.4, 0.5) is 0 Å². The second kappa shape index (κ2) is 37.7. The molecule has 0 bridgehead atoms. The van der Waals surface area contributed by atoms with E-state index in [1.165, 1.54) is 141 Å².